The van der Waals surface area contributed by atoms with Gasteiger partial charge in [-0.25, -0.2) is 4.39 Å². The number of benzene rings is 2. The number of carbonyl (C=O) groups is 2. The second-order valence-electron chi connectivity index (χ2n) is 11.8. The average molecular weight is 625 g/mol. The van der Waals surface area contributed by atoms with E-state index in [4.69, 9.17) is 14.2 Å². The fraction of sp³-hybridized carbons (Fsp3) is 0.387. The highest BCUT2D eigenvalue weighted by Crippen LogP contribution is 2.41. The third-order valence-corrected chi connectivity index (χ3v) is 7.09. The maximum Gasteiger partial charge on any atom is 0.387 e. The molecule has 45 heavy (non-hydrogen) atoms. The summed E-state index contributed by atoms with van der Waals surface area (Å²) < 4.78 is 59.6. The lowest BCUT2D eigenvalue weighted by Gasteiger charge is -2.19. The van der Waals surface area contributed by atoms with E-state index in [0.29, 0.717) is 40.6 Å². The molecule has 2 aromatic carbocycles. The molecule has 11 nitrogen and oxygen atoms in total. The van der Waals surface area contributed by atoms with Gasteiger partial charge in [-0.2, -0.15) is 24.2 Å². The monoisotopic (exact) mass is 624 g/mol. The molecule has 1 aliphatic rings. The Morgan fingerprint density at radius 1 is 1.13 bits per heavy atom. The van der Waals surface area contributed by atoms with E-state index in [1.54, 1.807) is 52.3 Å². The molecule has 2 heterocycles. The summed E-state index contributed by atoms with van der Waals surface area (Å²) in [5.74, 6) is -1.86. The Hall–Kier alpha value is -5.06. The quantitative estimate of drug-likeness (QED) is 0.239. The largest absolute Gasteiger partial charge is 0.496 e. The Morgan fingerprint density at radius 3 is 2.47 bits per heavy atom. The summed E-state index contributed by atoms with van der Waals surface area (Å²) in [6.07, 6.45) is 3.79. The molecule has 4 aromatic rings. The number of esters is 1. The van der Waals surface area contributed by atoms with Gasteiger partial charge in [0.25, 0.3) is 5.91 Å². The normalized spacial score (nSPS) is 13.9. The maximum atomic E-state index is 14.2. The number of amides is 1. The van der Waals surface area contributed by atoms with Gasteiger partial charge in [-0.1, -0.05) is 0 Å². The number of fused-ring (bicyclic) bond motifs is 1. The molecular weight excluding hydrogens is 593 g/mol. The predicted octanol–water partition coefficient (Wildman–Crippen LogP) is 5.16. The number of rotatable bonds is 10. The summed E-state index contributed by atoms with van der Waals surface area (Å²) in [6, 6.07) is 8.21. The molecule has 1 fully saturated rings. The predicted molar refractivity (Wildman–Crippen MR) is 157 cm³/mol. The minimum absolute atomic E-state index is 0.0914. The first-order valence-corrected chi connectivity index (χ1v) is 14.0. The molecule has 0 spiro atoms. The highest BCUT2D eigenvalue weighted by Gasteiger charge is 2.43. The first-order chi connectivity index (χ1) is 21.2. The third-order valence-electron chi connectivity index (χ3n) is 7.09. The van der Waals surface area contributed by atoms with E-state index in [2.05, 4.69) is 21.6 Å². The molecule has 0 radical (unpaired) electrons. The lowest BCUT2D eigenvalue weighted by atomic mass is 9.97. The minimum Gasteiger partial charge on any atom is -0.496 e. The number of methoxy groups -OCH3 is 1. The molecule has 1 N–H and O–H groups in total. The van der Waals surface area contributed by atoms with Crippen LogP contribution in [0.4, 0.5) is 13.2 Å². The number of hydrogen-bond donors (Lipinski definition) is 1. The smallest absolute Gasteiger partial charge is 0.387 e. The molecule has 0 bridgehead atoms. The Balaban J connectivity index is 1.54. The van der Waals surface area contributed by atoms with E-state index in [1.807, 2.05) is 0 Å². The van der Waals surface area contributed by atoms with E-state index in [9.17, 15) is 28.0 Å². The van der Waals surface area contributed by atoms with Crippen molar-refractivity contribution >= 4 is 22.8 Å². The van der Waals surface area contributed by atoms with Crippen LogP contribution in [0, 0.1) is 11.3 Å². The van der Waals surface area contributed by atoms with Crippen molar-refractivity contribution in [1.29, 1.82) is 5.26 Å². The van der Waals surface area contributed by atoms with Crippen LogP contribution < -0.4 is 14.8 Å². The van der Waals surface area contributed by atoms with E-state index in [1.165, 1.54) is 28.6 Å². The SMILES string of the molecule is COc1cc(-c2c3c(C#N)cc(-c4cnn(CC(=O)OC(C)(C)C)c4)cc3nn2C)cc(OC(F)F)c1C(=O)NCC1(F)CC1. The van der Waals surface area contributed by atoms with Crippen LogP contribution in [-0.2, 0) is 23.1 Å². The molecular formula is C31H31F3N6O5. The Labute approximate surface area is 256 Å². The van der Waals surface area contributed by atoms with Crippen LogP contribution in [-0.4, -0.2) is 63.0 Å². The first kappa shape index (κ1) is 31.4. The summed E-state index contributed by atoms with van der Waals surface area (Å²) in [6.45, 7) is 1.65. The third kappa shape index (κ3) is 6.87. The molecule has 236 valence electrons. The van der Waals surface area contributed by atoms with E-state index >= 15 is 0 Å². The number of hydrogen-bond acceptors (Lipinski definition) is 8. The number of ether oxygens (including phenoxy) is 3. The zero-order valence-electron chi connectivity index (χ0n) is 25.3. The van der Waals surface area contributed by atoms with Crippen molar-refractivity contribution in [3.05, 3.63) is 47.8 Å². The molecule has 14 heteroatoms. The van der Waals surface area contributed by atoms with Crippen molar-refractivity contribution in [2.24, 2.45) is 7.05 Å². The summed E-state index contributed by atoms with van der Waals surface area (Å²) in [4.78, 5) is 25.2. The van der Waals surface area contributed by atoms with Gasteiger partial charge in [0.05, 0.1) is 42.7 Å². The maximum absolute atomic E-state index is 14.2. The number of nitrogens with zero attached hydrogens (tertiary/aromatic N) is 5. The highest BCUT2D eigenvalue weighted by atomic mass is 19.3. The van der Waals surface area contributed by atoms with Crippen molar-refractivity contribution in [3.63, 3.8) is 0 Å². The minimum atomic E-state index is -3.27. The second kappa shape index (κ2) is 11.8. The summed E-state index contributed by atoms with van der Waals surface area (Å²) in [5.41, 5.74) is 0.0426. The van der Waals surface area contributed by atoms with E-state index in [0.717, 1.165) is 0 Å². The Kier molecular flexibility index (Phi) is 8.22. The number of carbonyl (C=O) groups excluding carboxylic acids is 2. The van der Waals surface area contributed by atoms with Gasteiger partial charge >= 0.3 is 12.6 Å². The zero-order chi connectivity index (χ0) is 32.7. The fourth-order valence-electron chi connectivity index (χ4n) is 4.96. The van der Waals surface area contributed by atoms with Gasteiger partial charge in [-0.05, 0) is 63.4 Å². The summed E-state index contributed by atoms with van der Waals surface area (Å²) in [5, 5.41) is 21.8. The van der Waals surface area contributed by atoms with Crippen molar-refractivity contribution in [2.45, 2.75) is 58.0 Å². The van der Waals surface area contributed by atoms with Gasteiger partial charge in [-0.3, -0.25) is 19.0 Å². The average Bonchev–Trinajstić information content (AvgIpc) is 3.34. The molecule has 1 aliphatic carbocycles. The zero-order valence-corrected chi connectivity index (χ0v) is 25.3. The standard InChI is InChI=1S/C31H31F3N6O5/c1-30(2,3)45-24(41)15-40-14-20(13-37-40)17-8-19(12-35)25-21(9-17)38-39(4)27(25)18-10-22(43-5)26(23(11-18)44-29(32)33)28(42)36-16-31(34)6-7-31/h8-11,13-14,29H,6-7,15-16H2,1-5H3,(H,36,42). The van der Waals surface area contributed by atoms with Gasteiger partial charge in [0.1, 0.15) is 34.9 Å². The highest BCUT2D eigenvalue weighted by molar-refractivity contribution is 6.03. The summed E-state index contributed by atoms with van der Waals surface area (Å²) >= 11 is 0. The number of nitrogens with one attached hydrogen (secondary N) is 1. The van der Waals surface area contributed by atoms with Gasteiger partial charge in [-0.15, -0.1) is 0 Å². The van der Waals surface area contributed by atoms with Gasteiger partial charge in [0, 0.05) is 29.8 Å². The van der Waals surface area contributed by atoms with Crippen LogP contribution in [0.25, 0.3) is 33.3 Å². The number of aromatic nitrogens is 4. The molecule has 1 saturated carbocycles. The van der Waals surface area contributed by atoms with Crippen LogP contribution in [0.15, 0.2) is 36.7 Å². The summed E-state index contributed by atoms with van der Waals surface area (Å²) in [7, 11) is 2.88. The van der Waals surface area contributed by atoms with Crippen LogP contribution in [0.5, 0.6) is 11.5 Å². The van der Waals surface area contributed by atoms with Crippen LogP contribution in [0.2, 0.25) is 0 Å². The number of halogens is 3. The second-order valence-corrected chi connectivity index (χ2v) is 11.8. The molecule has 5 rings (SSSR count). The lowest BCUT2D eigenvalue weighted by molar-refractivity contribution is -0.155. The number of nitriles is 1. The van der Waals surface area contributed by atoms with Crippen molar-refractivity contribution < 1.29 is 37.0 Å². The van der Waals surface area contributed by atoms with Gasteiger partial charge in [0.2, 0.25) is 0 Å². The van der Waals surface area contributed by atoms with E-state index < -0.39 is 35.5 Å². The Morgan fingerprint density at radius 2 is 1.84 bits per heavy atom. The molecule has 0 saturated heterocycles. The lowest BCUT2D eigenvalue weighted by Crippen LogP contribution is -2.31. The van der Waals surface area contributed by atoms with Gasteiger partial charge in [0.15, 0.2) is 0 Å². The molecule has 1 amide bonds. The molecule has 0 atom stereocenters. The number of aryl methyl sites for hydroxylation is 1. The molecule has 2 aromatic heterocycles. The van der Waals surface area contributed by atoms with Crippen molar-refractivity contribution in [1.82, 2.24) is 24.9 Å². The van der Waals surface area contributed by atoms with Crippen molar-refractivity contribution in [2.75, 3.05) is 13.7 Å². The van der Waals surface area contributed by atoms with Crippen LogP contribution in [0.3, 0.4) is 0 Å². The van der Waals surface area contributed by atoms with Gasteiger partial charge < -0.3 is 19.5 Å². The number of alkyl halides is 3. The first-order valence-electron chi connectivity index (χ1n) is 14.0. The topological polar surface area (TPSA) is 133 Å². The van der Waals surface area contributed by atoms with Crippen molar-refractivity contribution in [3.8, 4) is 40.0 Å². The van der Waals surface area contributed by atoms with E-state index in [-0.39, 0.29) is 35.5 Å². The van der Waals surface area contributed by atoms with Crippen LogP contribution >= 0.6 is 0 Å². The molecule has 0 unspecified atom stereocenters. The Bertz CT molecular complexity index is 1830. The fourth-order valence-corrected chi connectivity index (χ4v) is 4.96. The molecule has 0 aliphatic heterocycles. The van der Waals surface area contributed by atoms with Crippen LogP contribution in [0.1, 0.15) is 49.5 Å².